The zero-order chi connectivity index (χ0) is 22.2. The van der Waals surface area contributed by atoms with Crippen LogP contribution in [0.15, 0.2) is 34.2 Å². The van der Waals surface area contributed by atoms with Crippen LogP contribution < -0.4 is 10.9 Å². The van der Waals surface area contributed by atoms with Crippen molar-refractivity contribution in [1.82, 2.24) is 14.9 Å². The molecular weight excluding hydrogens is 421 g/mol. The molecule has 0 saturated carbocycles. The van der Waals surface area contributed by atoms with E-state index in [0.29, 0.717) is 21.9 Å². The third-order valence-electron chi connectivity index (χ3n) is 4.55. The SMILES string of the molecule is CCn1c(SC(C)C(=O)NC(C)(C)C)nc2sc(C)c(-c3ccc(F)cc3)c2c1=O. The first-order valence-corrected chi connectivity index (χ1v) is 11.5. The lowest BCUT2D eigenvalue weighted by atomic mass is 10.0. The molecule has 160 valence electrons. The molecule has 0 spiro atoms. The van der Waals surface area contributed by atoms with E-state index >= 15 is 0 Å². The first kappa shape index (κ1) is 22.5. The van der Waals surface area contributed by atoms with Gasteiger partial charge in [0.25, 0.3) is 5.56 Å². The summed E-state index contributed by atoms with van der Waals surface area (Å²) in [4.78, 5) is 32.2. The molecule has 2 heterocycles. The summed E-state index contributed by atoms with van der Waals surface area (Å²) in [5, 5.41) is 3.64. The van der Waals surface area contributed by atoms with Gasteiger partial charge >= 0.3 is 0 Å². The second-order valence-corrected chi connectivity index (χ2v) is 10.7. The highest BCUT2D eigenvalue weighted by molar-refractivity contribution is 8.00. The second kappa shape index (κ2) is 8.51. The molecule has 8 heteroatoms. The molecule has 1 atom stereocenters. The Morgan fingerprint density at radius 2 is 1.93 bits per heavy atom. The summed E-state index contributed by atoms with van der Waals surface area (Å²) < 4.78 is 15.0. The largest absolute Gasteiger partial charge is 0.351 e. The number of nitrogens with one attached hydrogen (secondary N) is 1. The van der Waals surface area contributed by atoms with Gasteiger partial charge in [-0.05, 0) is 59.2 Å². The molecule has 5 nitrogen and oxygen atoms in total. The molecule has 0 bridgehead atoms. The van der Waals surface area contributed by atoms with Crippen molar-refractivity contribution in [2.45, 2.75) is 64.0 Å². The maximum absolute atomic E-state index is 13.4. The number of benzene rings is 1. The fraction of sp³-hybridized carbons (Fsp3) is 0.409. The summed E-state index contributed by atoms with van der Waals surface area (Å²) in [6, 6.07) is 6.15. The molecule has 30 heavy (non-hydrogen) atoms. The number of aryl methyl sites for hydroxylation is 1. The number of rotatable bonds is 5. The minimum Gasteiger partial charge on any atom is -0.351 e. The molecular formula is C22H26FN3O2S2. The maximum Gasteiger partial charge on any atom is 0.263 e. The third-order valence-corrected chi connectivity index (χ3v) is 6.64. The molecule has 3 aromatic rings. The van der Waals surface area contributed by atoms with Crippen LogP contribution in [0.5, 0.6) is 0 Å². The van der Waals surface area contributed by atoms with Gasteiger partial charge < -0.3 is 5.32 Å². The molecule has 0 aliphatic rings. The molecule has 0 saturated heterocycles. The van der Waals surface area contributed by atoms with E-state index in [1.165, 1.54) is 35.2 Å². The number of thioether (sulfide) groups is 1. The van der Waals surface area contributed by atoms with E-state index in [4.69, 9.17) is 4.98 Å². The van der Waals surface area contributed by atoms with Crippen molar-refractivity contribution in [1.29, 1.82) is 0 Å². The van der Waals surface area contributed by atoms with Crippen molar-refractivity contribution in [3.8, 4) is 11.1 Å². The van der Waals surface area contributed by atoms with Crippen LogP contribution in [-0.4, -0.2) is 26.2 Å². The topological polar surface area (TPSA) is 64.0 Å². The molecule has 0 fully saturated rings. The van der Waals surface area contributed by atoms with Crippen LogP contribution in [0.2, 0.25) is 0 Å². The van der Waals surface area contributed by atoms with E-state index < -0.39 is 5.25 Å². The normalized spacial score (nSPS) is 12.9. The highest BCUT2D eigenvalue weighted by Gasteiger charge is 2.24. The van der Waals surface area contributed by atoms with E-state index in [-0.39, 0.29) is 22.8 Å². The van der Waals surface area contributed by atoms with Crippen molar-refractivity contribution >= 4 is 39.2 Å². The van der Waals surface area contributed by atoms with E-state index in [2.05, 4.69) is 5.32 Å². The van der Waals surface area contributed by atoms with Crippen LogP contribution in [0.25, 0.3) is 21.3 Å². The summed E-state index contributed by atoms with van der Waals surface area (Å²) in [6.45, 7) is 11.9. The van der Waals surface area contributed by atoms with Crippen molar-refractivity contribution in [2.24, 2.45) is 0 Å². The van der Waals surface area contributed by atoms with Gasteiger partial charge in [-0.2, -0.15) is 0 Å². The Balaban J connectivity index is 2.08. The minimum atomic E-state index is -0.399. The summed E-state index contributed by atoms with van der Waals surface area (Å²) in [5.41, 5.74) is 1.12. The van der Waals surface area contributed by atoms with Crippen LogP contribution in [0, 0.1) is 12.7 Å². The van der Waals surface area contributed by atoms with Gasteiger partial charge in [0, 0.05) is 22.5 Å². The number of carbonyl (C=O) groups excluding carboxylic acids is 1. The Hall–Kier alpha value is -2.19. The number of halogens is 1. The van der Waals surface area contributed by atoms with Crippen molar-refractivity contribution < 1.29 is 9.18 Å². The van der Waals surface area contributed by atoms with Gasteiger partial charge in [0.1, 0.15) is 10.6 Å². The fourth-order valence-corrected chi connectivity index (χ4v) is 5.25. The average Bonchev–Trinajstić information content (AvgIpc) is 2.97. The maximum atomic E-state index is 13.4. The minimum absolute atomic E-state index is 0.0983. The molecule has 1 unspecified atom stereocenters. The number of aromatic nitrogens is 2. The predicted molar refractivity (Wildman–Crippen MR) is 123 cm³/mol. The molecule has 0 aliphatic carbocycles. The van der Waals surface area contributed by atoms with Crippen molar-refractivity contribution in [3.05, 3.63) is 45.3 Å². The van der Waals surface area contributed by atoms with Crippen LogP contribution in [-0.2, 0) is 11.3 Å². The van der Waals surface area contributed by atoms with Gasteiger partial charge in [0.05, 0.1) is 10.6 Å². The average molecular weight is 448 g/mol. The molecule has 1 amide bonds. The van der Waals surface area contributed by atoms with Crippen molar-refractivity contribution in [3.63, 3.8) is 0 Å². The van der Waals surface area contributed by atoms with Gasteiger partial charge in [0.2, 0.25) is 5.91 Å². The third kappa shape index (κ3) is 4.59. The summed E-state index contributed by atoms with van der Waals surface area (Å²) in [7, 11) is 0. The zero-order valence-electron chi connectivity index (χ0n) is 18.0. The number of amides is 1. The lowest BCUT2D eigenvalue weighted by Gasteiger charge is -2.23. The Labute approximate surface area is 183 Å². The van der Waals surface area contributed by atoms with Gasteiger partial charge in [-0.3, -0.25) is 14.2 Å². The van der Waals surface area contributed by atoms with Gasteiger partial charge in [-0.1, -0.05) is 23.9 Å². The van der Waals surface area contributed by atoms with E-state index in [1.807, 2.05) is 41.5 Å². The Kier molecular flexibility index (Phi) is 6.38. The summed E-state index contributed by atoms with van der Waals surface area (Å²) >= 11 is 2.72. The van der Waals surface area contributed by atoms with Gasteiger partial charge in [-0.25, -0.2) is 9.37 Å². The lowest BCUT2D eigenvalue weighted by molar-refractivity contribution is -0.121. The highest BCUT2D eigenvalue weighted by Crippen LogP contribution is 2.37. The standard InChI is InChI=1S/C22H26FN3O2S2/c1-7-26-20(28)17-16(14-8-10-15(23)11-9-14)12(2)29-19(17)24-21(26)30-13(3)18(27)25-22(4,5)6/h8-11,13H,7H2,1-6H3,(H,25,27). The zero-order valence-corrected chi connectivity index (χ0v) is 19.6. The van der Waals surface area contributed by atoms with E-state index in [0.717, 1.165) is 16.0 Å². The molecule has 0 aliphatic heterocycles. The summed E-state index contributed by atoms with van der Waals surface area (Å²) in [5.74, 6) is -0.417. The van der Waals surface area contributed by atoms with Crippen LogP contribution in [0.3, 0.4) is 0 Å². The highest BCUT2D eigenvalue weighted by atomic mass is 32.2. The van der Waals surface area contributed by atoms with Crippen LogP contribution >= 0.6 is 23.1 Å². The fourth-order valence-electron chi connectivity index (χ4n) is 3.19. The monoisotopic (exact) mass is 447 g/mol. The summed E-state index contributed by atoms with van der Waals surface area (Å²) in [6.07, 6.45) is 0. The first-order valence-electron chi connectivity index (χ1n) is 9.80. The molecule has 2 aromatic heterocycles. The Morgan fingerprint density at radius 3 is 2.50 bits per heavy atom. The number of carbonyl (C=O) groups is 1. The lowest BCUT2D eigenvalue weighted by Crippen LogP contribution is -2.44. The Morgan fingerprint density at radius 1 is 1.30 bits per heavy atom. The molecule has 1 aromatic carbocycles. The van der Waals surface area contributed by atoms with Gasteiger partial charge in [-0.15, -0.1) is 11.3 Å². The number of hydrogen-bond acceptors (Lipinski definition) is 5. The quantitative estimate of drug-likeness (QED) is 0.442. The van der Waals surface area contributed by atoms with Crippen LogP contribution in [0.1, 0.15) is 39.5 Å². The first-order chi connectivity index (χ1) is 14.0. The van der Waals surface area contributed by atoms with Crippen LogP contribution in [0.4, 0.5) is 4.39 Å². The smallest absolute Gasteiger partial charge is 0.263 e. The molecule has 1 N–H and O–H groups in total. The molecule has 0 radical (unpaired) electrons. The number of hydrogen-bond donors (Lipinski definition) is 1. The van der Waals surface area contributed by atoms with E-state index in [1.54, 1.807) is 16.7 Å². The number of nitrogens with zero attached hydrogens (tertiary/aromatic N) is 2. The molecule has 3 rings (SSSR count). The number of thiophene rings is 1. The second-order valence-electron chi connectivity index (χ2n) is 8.16. The van der Waals surface area contributed by atoms with E-state index in [9.17, 15) is 14.0 Å². The van der Waals surface area contributed by atoms with Crippen molar-refractivity contribution in [2.75, 3.05) is 0 Å². The van der Waals surface area contributed by atoms with Gasteiger partial charge in [0.15, 0.2) is 5.16 Å². The number of fused-ring (bicyclic) bond motifs is 1. The Bertz CT molecular complexity index is 1140. The predicted octanol–water partition coefficient (Wildman–Crippen LogP) is 4.99.